The lowest BCUT2D eigenvalue weighted by molar-refractivity contribution is -0.137. The molecule has 3 heterocycles. The van der Waals surface area contributed by atoms with Gasteiger partial charge < -0.3 is 10.0 Å². The highest BCUT2D eigenvalue weighted by Gasteiger charge is 2.25. The molecule has 1 N–H and O–H groups in total. The van der Waals surface area contributed by atoms with Gasteiger partial charge in [-0.25, -0.2) is 9.67 Å². The van der Waals surface area contributed by atoms with E-state index in [-0.39, 0.29) is 18.2 Å². The van der Waals surface area contributed by atoms with Crippen LogP contribution in [0.5, 0.6) is 0 Å². The Labute approximate surface area is 139 Å². The number of carboxylic acids is 1. The number of aromatic nitrogens is 3. The summed E-state index contributed by atoms with van der Waals surface area (Å²) in [6, 6.07) is 7.10. The zero-order valence-corrected chi connectivity index (χ0v) is 13.3. The second-order valence-electron chi connectivity index (χ2n) is 6.02. The number of piperidine rings is 1. The second kappa shape index (κ2) is 7.25. The van der Waals surface area contributed by atoms with E-state index in [0.717, 1.165) is 12.8 Å². The monoisotopic (exact) mass is 328 g/mol. The molecule has 1 fully saturated rings. The van der Waals surface area contributed by atoms with Crippen LogP contribution in [-0.2, 0) is 4.79 Å². The Hall–Kier alpha value is -2.70. The van der Waals surface area contributed by atoms with Crippen LogP contribution in [-0.4, -0.2) is 49.7 Å². The van der Waals surface area contributed by atoms with E-state index in [2.05, 4.69) is 10.1 Å². The summed E-state index contributed by atoms with van der Waals surface area (Å²) in [4.78, 5) is 29.6. The van der Waals surface area contributed by atoms with Crippen molar-refractivity contribution in [2.45, 2.75) is 25.7 Å². The number of carbonyl (C=O) groups is 2. The quantitative estimate of drug-likeness (QED) is 0.906. The van der Waals surface area contributed by atoms with Crippen molar-refractivity contribution in [1.29, 1.82) is 0 Å². The van der Waals surface area contributed by atoms with Crippen LogP contribution in [0.3, 0.4) is 0 Å². The number of aliphatic carboxylic acids is 1. The number of nitrogens with zero attached hydrogens (tertiary/aromatic N) is 4. The van der Waals surface area contributed by atoms with Crippen LogP contribution in [0, 0.1) is 5.92 Å². The maximum absolute atomic E-state index is 12.7. The summed E-state index contributed by atoms with van der Waals surface area (Å²) in [6.45, 7) is 1.29. The molecule has 1 unspecified atom stereocenters. The van der Waals surface area contributed by atoms with E-state index in [9.17, 15) is 9.59 Å². The van der Waals surface area contributed by atoms with Gasteiger partial charge in [0, 0.05) is 31.9 Å². The predicted molar refractivity (Wildman–Crippen MR) is 86.9 cm³/mol. The highest BCUT2D eigenvalue weighted by Crippen LogP contribution is 2.22. The zero-order valence-electron chi connectivity index (χ0n) is 13.3. The number of likely N-dealkylation sites (tertiary alicyclic amines) is 1. The van der Waals surface area contributed by atoms with E-state index in [1.807, 2.05) is 0 Å². The molecule has 0 saturated carbocycles. The second-order valence-corrected chi connectivity index (χ2v) is 6.02. The molecule has 2 aromatic heterocycles. The van der Waals surface area contributed by atoms with Crippen molar-refractivity contribution in [3.05, 3.63) is 42.4 Å². The van der Waals surface area contributed by atoms with Crippen molar-refractivity contribution in [3.63, 3.8) is 0 Å². The number of hydrogen-bond acceptors (Lipinski definition) is 4. The van der Waals surface area contributed by atoms with E-state index in [1.165, 1.54) is 0 Å². The summed E-state index contributed by atoms with van der Waals surface area (Å²) < 4.78 is 1.61. The molecular weight excluding hydrogens is 308 g/mol. The maximum Gasteiger partial charge on any atom is 0.303 e. The van der Waals surface area contributed by atoms with E-state index in [4.69, 9.17) is 5.11 Å². The topological polar surface area (TPSA) is 88.3 Å². The Morgan fingerprint density at radius 1 is 1.29 bits per heavy atom. The summed E-state index contributed by atoms with van der Waals surface area (Å²) in [6.07, 6.45) is 6.07. The van der Waals surface area contributed by atoms with E-state index >= 15 is 0 Å². The molecule has 1 atom stereocenters. The number of amides is 1. The summed E-state index contributed by atoms with van der Waals surface area (Å²) >= 11 is 0. The van der Waals surface area contributed by atoms with E-state index < -0.39 is 5.97 Å². The van der Waals surface area contributed by atoms with Gasteiger partial charge in [0.2, 0.25) is 0 Å². The lowest BCUT2D eigenvalue weighted by atomic mass is 9.93. The number of rotatable bonds is 5. The fourth-order valence-corrected chi connectivity index (χ4v) is 3.05. The van der Waals surface area contributed by atoms with Gasteiger partial charge >= 0.3 is 5.97 Å². The molecule has 2 aromatic rings. The molecule has 0 spiro atoms. The largest absolute Gasteiger partial charge is 0.481 e. The van der Waals surface area contributed by atoms with Gasteiger partial charge in [0.1, 0.15) is 5.69 Å². The van der Waals surface area contributed by atoms with Crippen molar-refractivity contribution < 1.29 is 14.7 Å². The van der Waals surface area contributed by atoms with Crippen molar-refractivity contribution in [1.82, 2.24) is 19.7 Å². The molecule has 0 radical (unpaired) electrons. The third-order valence-electron chi connectivity index (χ3n) is 4.27. The molecule has 3 rings (SSSR count). The highest BCUT2D eigenvalue weighted by atomic mass is 16.4. The van der Waals surface area contributed by atoms with Gasteiger partial charge in [-0.05, 0) is 43.4 Å². The third-order valence-corrected chi connectivity index (χ3v) is 4.27. The molecule has 1 aliphatic rings. The van der Waals surface area contributed by atoms with Gasteiger partial charge in [-0.3, -0.25) is 9.59 Å². The first-order chi connectivity index (χ1) is 11.6. The Morgan fingerprint density at radius 2 is 2.17 bits per heavy atom. The van der Waals surface area contributed by atoms with E-state index in [1.54, 1.807) is 46.2 Å². The minimum absolute atomic E-state index is 0.107. The summed E-state index contributed by atoms with van der Waals surface area (Å²) in [7, 11) is 0. The number of hydrogen-bond donors (Lipinski definition) is 1. The average molecular weight is 328 g/mol. The van der Waals surface area contributed by atoms with Crippen molar-refractivity contribution in [2.75, 3.05) is 13.1 Å². The van der Waals surface area contributed by atoms with Crippen LogP contribution in [0.4, 0.5) is 0 Å². The van der Waals surface area contributed by atoms with Crippen molar-refractivity contribution >= 4 is 11.9 Å². The Bertz CT molecular complexity index is 714. The first kappa shape index (κ1) is 16.2. The predicted octanol–water partition coefficient (Wildman–Crippen LogP) is 1.98. The lowest BCUT2D eigenvalue weighted by Crippen LogP contribution is -2.40. The van der Waals surface area contributed by atoms with E-state index in [0.29, 0.717) is 31.0 Å². The van der Waals surface area contributed by atoms with Gasteiger partial charge in [-0.1, -0.05) is 6.07 Å². The van der Waals surface area contributed by atoms with Gasteiger partial charge in [-0.15, -0.1) is 0 Å². The average Bonchev–Trinajstić information content (AvgIpc) is 3.14. The van der Waals surface area contributed by atoms with Crippen LogP contribution in [0.25, 0.3) is 5.82 Å². The molecule has 7 heteroatoms. The first-order valence-corrected chi connectivity index (χ1v) is 8.11. The minimum atomic E-state index is -0.785. The Balaban J connectivity index is 1.69. The zero-order chi connectivity index (χ0) is 16.9. The minimum Gasteiger partial charge on any atom is -0.481 e. The molecule has 1 saturated heterocycles. The Morgan fingerprint density at radius 3 is 2.92 bits per heavy atom. The van der Waals surface area contributed by atoms with Crippen LogP contribution in [0.15, 0.2) is 36.7 Å². The fraction of sp³-hybridized carbons (Fsp3) is 0.412. The molecule has 1 aliphatic heterocycles. The molecule has 7 nitrogen and oxygen atoms in total. The van der Waals surface area contributed by atoms with Crippen LogP contribution in [0.2, 0.25) is 0 Å². The van der Waals surface area contributed by atoms with Crippen LogP contribution < -0.4 is 0 Å². The molecule has 126 valence electrons. The molecule has 0 bridgehead atoms. The maximum atomic E-state index is 12.7. The normalized spacial score (nSPS) is 17.7. The van der Waals surface area contributed by atoms with Crippen LogP contribution >= 0.6 is 0 Å². The van der Waals surface area contributed by atoms with Gasteiger partial charge in [0.25, 0.3) is 5.91 Å². The van der Waals surface area contributed by atoms with Gasteiger partial charge in [-0.2, -0.15) is 5.10 Å². The lowest BCUT2D eigenvalue weighted by Gasteiger charge is -2.32. The number of carboxylic acid groups (broad SMARTS) is 1. The van der Waals surface area contributed by atoms with Crippen molar-refractivity contribution in [2.24, 2.45) is 5.92 Å². The molecule has 0 aromatic carbocycles. The number of pyridine rings is 1. The molecule has 1 amide bonds. The molecular formula is C17H20N4O3. The summed E-state index contributed by atoms with van der Waals surface area (Å²) in [5.74, 6) is -0.0468. The molecule has 24 heavy (non-hydrogen) atoms. The highest BCUT2D eigenvalue weighted by molar-refractivity contribution is 5.92. The summed E-state index contributed by atoms with van der Waals surface area (Å²) in [5.41, 5.74) is 0.391. The van der Waals surface area contributed by atoms with Gasteiger partial charge in [0.05, 0.1) is 0 Å². The fourth-order valence-electron chi connectivity index (χ4n) is 3.05. The van der Waals surface area contributed by atoms with Crippen LogP contribution in [0.1, 0.15) is 36.2 Å². The SMILES string of the molecule is O=C(O)CCC1CCCN(C(=O)c2cccc(-n3cccn3)n2)C1. The third kappa shape index (κ3) is 3.79. The van der Waals surface area contributed by atoms with Crippen molar-refractivity contribution in [3.8, 4) is 5.82 Å². The summed E-state index contributed by atoms with van der Waals surface area (Å²) in [5, 5.41) is 12.9. The smallest absolute Gasteiger partial charge is 0.303 e. The molecule has 0 aliphatic carbocycles. The standard InChI is InChI=1S/C17H20N4O3/c22-16(23)8-7-13-4-2-10-20(12-13)17(24)14-5-1-6-15(19-14)21-11-3-9-18-21/h1,3,5-6,9,11,13H,2,4,7-8,10,12H2,(H,22,23). The Kier molecular flexibility index (Phi) is 4.88. The van der Waals surface area contributed by atoms with Gasteiger partial charge in [0.15, 0.2) is 5.82 Å². The number of carbonyl (C=O) groups excluding carboxylic acids is 1. The first-order valence-electron chi connectivity index (χ1n) is 8.11.